The van der Waals surface area contributed by atoms with Crippen LogP contribution in [0.2, 0.25) is 13.1 Å². The van der Waals surface area contributed by atoms with Crippen molar-refractivity contribution < 1.29 is 15.6 Å². The van der Waals surface area contributed by atoms with Gasteiger partial charge in [0.15, 0.2) is 0 Å². The van der Waals surface area contributed by atoms with E-state index < -0.39 is 21.5 Å². The van der Waals surface area contributed by atoms with Crippen molar-refractivity contribution in [2.45, 2.75) is 151 Å². The third-order valence-corrected chi connectivity index (χ3v) is 68.0. The first-order valence-electron chi connectivity index (χ1n) is 22.8. The molecule has 2 fully saturated rings. The maximum absolute atomic E-state index is 9.15. The van der Waals surface area contributed by atoms with E-state index in [-0.39, 0.29) is 18.1 Å². The third-order valence-electron chi connectivity index (χ3n) is 16.1. The Balaban J connectivity index is 1.33. The van der Waals surface area contributed by atoms with Crippen molar-refractivity contribution in [2.75, 3.05) is 0 Å². The van der Waals surface area contributed by atoms with Gasteiger partial charge in [-0.3, -0.25) is 0 Å². The van der Waals surface area contributed by atoms with Gasteiger partial charge in [-0.15, -0.1) is 0 Å². The molecule has 0 aliphatic heterocycles. The predicted octanol–water partition coefficient (Wildman–Crippen LogP) is 17.1. The van der Waals surface area contributed by atoms with Gasteiger partial charge >= 0.3 is 364 Å². The van der Waals surface area contributed by atoms with Crippen LogP contribution in [0.4, 0.5) is 0 Å². The van der Waals surface area contributed by atoms with Crippen molar-refractivity contribution in [2.24, 2.45) is 10.8 Å². The Hall–Kier alpha value is -1.96. The Labute approximate surface area is 361 Å². The number of allylic oxidation sites excluding steroid dienone is 2. The van der Waals surface area contributed by atoms with Gasteiger partial charge in [-0.2, -0.15) is 0 Å². The van der Waals surface area contributed by atoms with Crippen LogP contribution >= 0.6 is 17.0 Å². The average molecular weight is 908 g/mol. The van der Waals surface area contributed by atoms with E-state index in [1.165, 1.54) is 107 Å². The summed E-state index contributed by atoms with van der Waals surface area (Å²) in [6, 6.07) is 33.0. The quantitative estimate of drug-likeness (QED) is 0.132. The summed E-state index contributed by atoms with van der Waals surface area (Å²) in [7, 11) is 18.3. The van der Waals surface area contributed by atoms with Crippen LogP contribution in [0.5, 0.6) is 0 Å². The fourth-order valence-corrected chi connectivity index (χ4v) is 43.0. The standard InChI is InChI=1S/2C26H31.C2H7Si.2ClH.Zr/c2*1-5-26(14-7-15-26)18-19-16-21-8-6-9-23(24(21)17-19)20-10-12-22(13-11-20)25(2,3)4;1-3-2;;;/h2*6,8-13,16-17H,5,7,14-15,18H2,1-4H3;3H,1-2H3;2*1H;/q;;;;;+2/p-2. The summed E-state index contributed by atoms with van der Waals surface area (Å²) < 4.78 is 0.217. The predicted molar refractivity (Wildman–Crippen MR) is 256 cm³/mol. The molecule has 4 aromatic carbocycles. The van der Waals surface area contributed by atoms with Crippen molar-refractivity contribution in [3.05, 3.63) is 129 Å². The van der Waals surface area contributed by atoms with Crippen LogP contribution in [0.15, 0.2) is 96.1 Å². The molecule has 0 saturated heterocycles. The van der Waals surface area contributed by atoms with Crippen LogP contribution in [-0.4, -0.2) is 5.92 Å². The van der Waals surface area contributed by atoms with Gasteiger partial charge in [0.1, 0.15) is 0 Å². The summed E-state index contributed by atoms with van der Waals surface area (Å²) >= 11 is -5.05. The van der Waals surface area contributed by atoms with Crippen LogP contribution in [0, 0.1) is 10.8 Å². The summed E-state index contributed by atoms with van der Waals surface area (Å²) in [6.07, 6.45) is 17.9. The maximum atomic E-state index is 9.15. The van der Waals surface area contributed by atoms with E-state index in [1.807, 2.05) is 0 Å². The molecular weight excluding hydrogens is 839 g/mol. The first kappa shape index (κ1) is 42.7. The van der Waals surface area contributed by atoms with Gasteiger partial charge in [0.25, 0.3) is 0 Å². The molecular formula is C54H69Cl2SiZr. The third kappa shape index (κ3) is 7.13. The van der Waals surface area contributed by atoms with Gasteiger partial charge in [-0.1, -0.05) is 0 Å². The zero-order valence-corrected chi connectivity index (χ0v) is 42.4. The van der Waals surface area contributed by atoms with E-state index in [9.17, 15) is 0 Å². The van der Waals surface area contributed by atoms with E-state index in [0.29, 0.717) is 10.8 Å². The number of fused-ring (bicyclic) bond motifs is 2. The molecule has 2 atom stereocenters. The molecule has 4 aromatic rings. The SMILES string of the molecule is CCC1(CC2=Cc3c(-c4ccc(C(C)(C)C)cc4)cccc3[CH]2[Zr]([Cl])([Cl])([CH]2C(CC3(CC)CCC3)=Cc3c(-c4ccc(C(C)(C)C)cc4)cccc32)[SiH](C)C)CCC1. The second-order valence-corrected chi connectivity index (χ2v) is 64.2. The topological polar surface area (TPSA) is 0 Å². The second kappa shape index (κ2) is 15.1. The molecule has 0 heterocycles. The van der Waals surface area contributed by atoms with Gasteiger partial charge in [0, 0.05) is 0 Å². The van der Waals surface area contributed by atoms with Gasteiger partial charge in [-0.05, 0) is 0 Å². The monoisotopic (exact) mass is 905 g/mol. The molecule has 4 heteroatoms. The van der Waals surface area contributed by atoms with Gasteiger partial charge in [0.05, 0.1) is 0 Å². The molecule has 4 aliphatic rings. The van der Waals surface area contributed by atoms with E-state index in [4.69, 9.17) is 17.0 Å². The van der Waals surface area contributed by atoms with Crippen molar-refractivity contribution in [1.82, 2.24) is 0 Å². The van der Waals surface area contributed by atoms with Crippen LogP contribution in [-0.2, 0) is 26.4 Å². The van der Waals surface area contributed by atoms with E-state index >= 15 is 0 Å². The molecule has 0 bridgehead atoms. The van der Waals surface area contributed by atoms with Crippen molar-refractivity contribution in [3.63, 3.8) is 0 Å². The summed E-state index contributed by atoms with van der Waals surface area (Å²) in [6.45, 7) is 23.8. The van der Waals surface area contributed by atoms with Crippen LogP contribution in [0.3, 0.4) is 0 Å². The molecule has 2 saturated carbocycles. The molecule has 4 aliphatic carbocycles. The van der Waals surface area contributed by atoms with Crippen LogP contribution in [0.1, 0.15) is 160 Å². The number of rotatable bonds is 11. The number of hydrogen-bond acceptors (Lipinski definition) is 0. The summed E-state index contributed by atoms with van der Waals surface area (Å²) in [5, 5.41) is 0. The molecule has 58 heavy (non-hydrogen) atoms. The van der Waals surface area contributed by atoms with Crippen molar-refractivity contribution >= 4 is 35.1 Å². The molecule has 2 unspecified atom stereocenters. The Morgan fingerprint density at radius 3 is 1.21 bits per heavy atom. The van der Waals surface area contributed by atoms with E-state index in [1.54, 1.807) is 11.1 Å². The van der Waals surface area contributed by atoms with Gasteiger partial charge in [-0.25, -0.2) is 0 Å². The number of hydrogen-bond donors (Lipinski definition) is 0. The number of benzene rings is 4. The zero-order valence-electron chi connectivity index (χ0n) is 37.3. The summed E-state index contributed by atoms with van der Waals surface area (Å²) in [5.74, 6) is -1.72. The van der Waals surface area contributed by atoms with Crippen LogP contribution < -0.4 is 0 Å². The van der Waals surface area contributed by atoms with Crippen molar-refractivity contribution in [1.29, 1.82) is 0 Å². The van der Waals surface area contributed by atoms with Gasteiger partial charge in [0.2, 0.25) is 0 Å². The van der Waals surface area contributed by atoms with E-state index in [2.05, 4.69) is 166 Å². The first-order valence-corrected chi connectivity index (χ1v) is 39.1. The summed E-state index contributed by atoms with van der Waals surface area (Å²) in [4.78, 5) is 0. The average Bonchev–Trinajstić information content (AvgIpc) is 3.73. The second-order valence-electron chi connectivity index (χ2n) is 21.7. The Morgan fingerprint density at radius 1 is 0.569 bits per heavy atom. The molecule has 0 radical (unpaired) electrons. The molecule has 0 N–H and O–H groups in total. The molecule has 8 rings (SSSR count). The minimum absolute atomic E-state index is 0.109. The normalized spacial score (nSPS) is 21.6. The summed E-state index contributed by atoms with van der Waals surface area (Å²) in [5.41, 5.74) is 17.6. The Kier molecular flexibility index (Phi) is 11.2. The molecule has 0 nitrogen and oxygen atoms in total. The van der Waals surface area contributed by atoms with E-state index in [0.717, 1.165) is 12.8 Å². The zero-order chi connectivity index (χ0) is 41.5. The first-order chi connectivity index (χ1) is 27.3. The molecule has 0 amide bonds. The van der Waals surface area contributed by atoms with Crippen LogP contribution in [0.25, 0.3) is 34.4 Å². The molecule has 0 aromatic heterocycles. The number of halogens is 2. The van der Waals surface area contributed by atoms with Gasteiger partial charge < -0.3 is 0 Å². The Morgan fingerprint density at radius 2 is 0.931 bits per heavy atom. The molecule has 0 spiro atoms. The fraction of sp³-hybridized carbons (Fsp3) is 0.481. The minimum atomic E-state index is -5.05. The Bertz CT molecular complexity index is 2090. The fourth-order valence-electron chi connectivity index (χ4n) is 11.7. The van der Waals surface area contributed by atoms with Crippen molar-refractivity contribution in [3.8, 4) is 22.3 Å². The molecule has 307 valence electrons.